The second-order valence-electron chi connectivity index (χ2n) is 2.77. The van der Waals surface area contributed by atoms with Gasteiger partial charge in [-0.1, -0.05) is 19.1 Å². The van der Waals surface area contributed by atoms with Crippen LogP contribution in [0.15, 0.2) is 12.2 Å². The third kappa shape index (κ3) is 1.35. The fourth-order valence-electron chi connectivity index (χ4n) is 1.23. The Morgan fingerprint density at radius 2 is 2.10 bits per heavy atom. The highest BCUT2D eigenvalue weighted by atomic mass is 16.6. The molecule has 2 atom stereocenters. The summed E-state index contributed by atoms with van der Waals surface area (Å²) in [5, 5.41) is 10.3. The van der Waals surface area contributed by atoms with Crippen molar-refractivity contribution < 1.29 is 4.92 Å². The maximum absolute atomic E-state index is 10.3. The lowest BCUT2D eigenvalue weighted by molar-refractivity contribution is -0.531. The summed E-state index contributed by atoms with van der Waals surface area (Å²) in [5.41, 5.74) is 0. The second-order valence-corrected chi connectivity index (χ2v) is 2.77. The van der Waals surface area contributed by atoms with Crippen LogP contribution in [0.25, 0.3) is 0 Å². The van der Waals surface area contributed by atoms with Crippen LogP contribution in [-0.4, -0.2) is 11.0 Å². The number of nitrogens with zero attached hydrogens (tertiary/aromatic N) is 1. The summed E-state index contributed by atoms with van der Waals surface area (Å²) in [6.07, 6.45) is 5.37. The van der Waals surface area contributed by atoms with Gasteiger partial charge < -0.3 is 0 Å². The van der Waals surface area contributed by atoms with Gasteiger partial charge in [0.1, 0.15) is 0 Å². The van der Waals surface area contributed by atoms with Crippen molar-refractivity contribution >= 4 is 0 Å². The molecule has 56 valence electrons. The minimum absolute atomic E-state index is 0.172. The van der Waals surface area contributed by atoms with E-state index in [0.29, 0.717) is 6.42 Å². The molecule has 0 N–H and O–H groups in total. The fraction of sp³-hybridized carbons (Fsp3) is 0.714. The highest BCUT2D eigenvalue weighted by molar-refractivity contribution is 4.93. The van der Waals surface area contributed by atoms with E-state index >= 15 is 0 Å². The molecule has 0 aromatic heterocycles. The van der Waals surface area contributed by atoms with Gasteiger partial charge in [0.05, 0.1) is 0 Å². The average Bonchev–Trinajstić information content (AvgIpc) is 1.88. The highest BCUT2D eigenvalue weighted by Gasteiger charge is 2.27. The zero-order valence-electron chi connectivity index (χ0n) is 5.99. The predicted molar refractivity (Wildman–Crippen MR) is 38.3 cm³/mol. The van der Waals surface area contributed by atoms with Crippen LogP contribution in [0.2, 0.25) is 0 Å². The van der Waals surface area contributed by atoms with Gasteiger partial charge in [-0.15, -0.1) is 0 Å². The molecule has 0 fully saturated rings. The molecular weight excluding hydrogens is 130 g/mol. The standard InChI is InChI=1S/C7H11NO2/c1-6-4-2-3-5-7(6)8(9)10/h2-3,6-7H,4-5H2,1H3. The van der Waals surface area contributed by atoms with Gasteiger partial charge in [-0.2, -0.15) is 0 Å². The largest absolute Gasteiger partial charge is 0.264 e. The summed E-state index contributed by atoms with van der Waals surface area (Å²) < 4.78 is 0. The van der Waals surface area contributed by atoms with E-state index in [4.69, 9.17) is 0 Å². The maximum atomic E-state index is 10.3. The Kier molecular flexibility index (Phi) is 2.04. The van der Waals surface area contributed by atoms with E-state index in [1.165, 1.54) is 0 Å². The van der Waals surface area contributed by atoms with Crippen molar-refractivity contribution in [1.82, 2.24) is 0 Å². The minimum Gasteiger partial charge on any atom is -0.264 e. The Morgan fingerprint density at radius 1 is 1.50 bits per heavy atom. The lowest BCUT2D eigenvalue weighted by atomic mass is 9.91. The van der Waals surface area contributed by atoms with Gasteiger partial charge in [0.15, 0.2) is 0 Å². The zero-order chi connectivity index (χ0) is 7.56. The summed E-state index contributed by atoms with van der Waals surface area (Å²) in [4.78, 5) is 10.2. The lowest BCUT2D eigenvalue weighted by Crippen LogP contribution is -2.28. The Bertz CT molecular complexity index is 165. The zero-order valence-corrected chi connectivity index (χ0v) is 5.99. The van der Waals surface area contributed by atoms with Crippen molar-refractivity contribution in [3.8, 4) is 0 Å². The van der Waals surface area contributed by atoms with E-state index in [-0.39, 0.29) is 16.9 Å². The Labute approximate surface area is 59.9 Å². The normalized spacial score (nSPS) is 32.1. The van der Waals surface area contributed by atoms with Crippen LogP contribution in [0.3, 0.4) is 0 Å². The Balaban J connectivity index is 2.59. The molecule has 0 aromatic carbocycles. The van der Waals surface area contributed by atoms with Crippen LogP contribution in [0.4, 0.5) is 0 Å². The SMILES string of the molecule is CC1CC=CCC1[N+](=O)[O-]. The molecule has 0 radical (unpaired) electrons. The molecule has 0 saturated heterocycles. The van der Waals surface area contributed by atoms with Crippen molar-refractivity contribution in [3.05, 3.63) is 22.3 Å². The lowest BCUT2D eigenvalue weighted by Gasteiger charge is -2.16. The molecule has 2 unspecified atom stereocenters. The van der Waals surface area contributed by atoms with Crippen LogP contribution in [0.1, 0.15) is 19.8 Å². The summed E-state index contributed by atoms with van der Waals surface area (Å²) in [6, 6.07) is -0.343. The molecule has 0 amide bonds. The van der Waals surface area contributed by atoms with Crippen LogP contribution >= 0.6 is 0 Å². The van der Waals surface area contributed by atoms with Gasteiger partial charge in [0.2, 0.25) is 6.04 Å². The Hall–Kier alpha value is -0.860. The monoisotopic (exact) mass is 141 g/mol. The van der Waals surface area contributed by atoms with Gasteiger partial charge in [0, 0.05) is 17.3 Å². The quantitative estimate of drug-likeness (QED) is 0.316. The number of nitro groups is 1. The maximum Gasteiger partial charge on any atom is 0.219 e. The molecule has 1 aliphatic carbocycles. The smallest absolute Gasteiger partial charge is 0.219 e. The first kappa shape index (κ1) is 7.25. The first-order valence-corrected chi connectivity index (χ1v) is 3.50. The van der Waals surface area contributed by atoms with Crippen LogP contribution < -0.4 is 0 Å². The third-order valence-corrected chi connectivity index (χ3v) is 1.98. The Morgan fingerprint density at radius 3 is 2.50 bits per heavy atom. The van der Waals surface area contributed by atoms with E-state index < -0.39 is 0 Å². The molecule has 3 nitrogen and oxygen atoms in total. The molecule has 0 aromatic rings. The van der Waals surface area contributed by atoms with Gasteiger partial charge in [0.25, 0.3) is 0 Å². The van der Waals surface area contributed by atoms with E-state index in [9.17, 15) is 10.1 Å². The molecule has 10 heavy (non-hydrogen) atoms. The molecule has 0 saturated carbocycles. The van der Waals surface area contributed by atoms with E-state index in [0.717, 1.165) is 6.42 Å². The van der Waals surface area contributed by atoms with E-state index in [1.807, 2.05) is 19.1 Å². The molecular formula is C7H11NO2. The predicted octanol–water partition coefficient (Wildman–Crippen LogP) is 1.62. The summed E-state index contributed by atoms with van der Waals surface area (Å²) in [5.74, 6) is 0.208. The number of hydrogen-bond donors (Lipinski definition) is 0. The molecule has 0 aliphatic heterocycles. The van der Waals surface area contributed by atoms with Crippen molar-refractivity contribution in [1.29, 1.82) is 0 Å². The van der Waals surface area contributed by atoms with Crippen LogP contribution in [0, 0.1) is 16.0 Å². The summed E-state index contributed by atoms with van der Waals surface area (Å²) >= 11 is 0. The van der Waals surface area contributed by atoms with Crippen molar-refractivity contribution in [3.63, 3.8) is 0 Å². The first-order chi connectivity index (χ1) is 4.72. The van der Waals surface area contributed by atoms with Gasteiger partial charge in [-0.25, -0.2) is 0 Å². The number of rotatable bonds is 1. The topological polar surface area (TPSA) is 43.1 Å². The van der Waals surface area contributed by atoms with Gasteiger partial charge >= 0.3 is 0 Å². The third-order valence-electron chi connectivity index (χ3n) is 1.98. The highest BCUT2D eigenvalue weighted by Crippen LogP contribution is 2.20. The summed E-state index contributed by atoms with van der Waals surface area (Å²) in [6.45, 7) is 1.93. The van der Waals surface area contributed by atoms with Crippen molar-refractivity contribution in [2.75, 3.05) is 0 Å². The molecule has 1 rings (SSSR count). The van der Waals surface area contributed by atoms with Crippen molar-refractivity contribution in [2.45, 2.75) is 25.8 Å². The van der Waals surface area contributed by atoms with E-state index in [2.05, 4.69) is 0 Å². The van der Waals surface area contributed by atoms with Gasteiger partial charge in [-0.05, 0) is 6.42 Å². The van der Waals surface area contributed by atoms with E-state index in [1.54, 1.807) is 0 Å². The molecule has 0 heterocycles. The number of allylic oxidation sites excluding steroid dienone is 1. The van der Waals surface area contributed by atoms with Crippen LogP contribution in [0.5, 0.6) is 0 Å². The molecule has 1 aliphatic rings. The second kappa shape index (κ2) is 2.82. The fourth-order valence-corrected chi connectivity index (χ4v) is 1.23. The molecule has 0 bridgehead atoms. The summed E-state index contributed by atoms with van der Waals surface area (Å²) in [7, 11) is 0. The number of hydrogen-bond acceptors (Lipinski definition) is 2. The average molecular weight is 141 g/mol. The van der Waals surface area contributed by atoms with Crippen molar-refractivity contribution in [2.24, 2.45) is 5.92 Å². The first-order valence-electron chi connectivity index (χ1n) is 3.50. The molecule has 3 heteroatoms. The van der Waals surface area contributed by atoms with Crippen LogP contribution in [-0.2, 0) is 0 Å². The minimum atomic E-state index is -0.343. The van der Waals surface area contributed by atoms with Gasteiger partial charge in [-0.3, -0.25) is 10.1 Å². The molecule has 0 spiro atoms.